The van der Waals surface area contributed by atoms with Crippen molar-refractivity contribution in [1.29, 1.82) is 0 Å². The highest BCUT2D eigenvalue weighted by Gasteiger charge is 2.18. The standard InChI is InChI=1S/C14H10F3NOS/c1-20-9-4-2-3-8(7-9)18-14(19)10-5-6-11(15)13(17)12(10)16/h2-7H,1H3,(H,18,19). The molecule has 0 radical (unpaired) electrons. The molecule has 0 unspecified atom stereocenters. The minimum Gasteiger partial charge on any atom is -0.322 e. The molecule has 2 nitrogen and oxygen atoms in total. The van der Waals surface area contributed by atoms with E-state index in [1.807, 2.05) is 12.3 Å². The van der Waals surface area contributed by atoms with E-state index >= 15 is 0 Å². The molecule has 0 aromatic heterocycles. The molecule has 6 heteroatoms. The van der Waals surface area contributed by atoms with Gasteiger partial charge in [-0.05, 0) is 36.6 Å². The first-order valence-corrected chi connectivity index (χ1v) is 6.84. The maximum atomic E-state index is 13.5. The number of carbonyl (C=O) groups excluding carboxylic acids is 1. The fourth-order valence-electron chi connectivity index (χ4n) is 1.60. The highest BCUT2D eigenvalue weighted by atomic mass is 32.2. The zero-order valence-electron chi connectivity index (χ0n) is 10.4. The summed E-state index contributed by atoms with van der Waals surface area (Å²) in [7, 11) is 0. The molecule has 0 atom stereocenters. The topological polar surface area (TPSA) is 29.1 Å². The highest BCUT2D eigenvalue weighted by Crippen LogP contribution is 2.21. The van der Waals surface area contributed by atoms with Crippen LogP contribution in [0.2, 0.25) is 0 Å². The molecule has 104 valence electrons. The van der Waals surface area contributed by atoms with Crippen molar-refractivity contribution in [2.45, 2.75) is 4.90 Å². The van der Waals surface area contributed by atoms with Crippen molar-refractivity contribution in [1.82, 2.24) is 0 Å². The number of amides is 1. The van der Waals surface area contributed by atoms with Crippen LogP contribution in [0.4, 0.5) is 18.9 Å². The van der Waals surface area contributed by atoms with Gasteiger partial charge in [0, 0.05) is 10.6 Å². The number of hydrogen-bond acceptors (Lipinski definition) is 2. The molecule has 0 saturated carbocycles. The van der Waals surface area contributed by atoms with Crippen molar-refractivity contribution in [3.63, 3.8) is 0 Å². The second-order valence-corrected chi connectivity index (χ2v) is 4.79. The predicted octanol–water partition coefficient (Wildman–Crippen LogP) is 4.08. The van der Waals surface area contributed by atoms with Gasteiger partial charge in [-0.25, -0.2) is 13.2 Å². The van der Waals surface area contributed by atoms with E-state index < -0.39 is 28.9 Å². The molecule has 2 aromatic carbocycles. The fourth-order valence-corrected chi connectivity index (χ4v) is 2.06. The first-order chi connectivity index (χ1) is 9.52. The summed E-state index contributed by atoms with van der Waals surface area (Å²) in [5.74, 6) is -5.32. The molecular weight excluding hydrogens is 287 g/mol. The van der Waals surface area contributed by atoms with E-state index in [4.69, 9.17) is 0 Å². The van der Waals surface area contributed by atoms with E-state index in [0.717, 1.165) is 11.0 Å². The summed E-state index contributed by atoms with van der Waals surface area (Å²) in [4.78, 5) is 12.8. The molecule has 0 aliphatic rings. The molecule has 0 saturated heterocycles. The minimum atomic E-state index is -1.66. The van der Waals surface area contributed by atoms with Crippen molar-refractivity contribution < 1.29 is 18.0 Å². The summed E-state index contributed by atoms with van der Waals surface area (Å²) < 4.78 is 39.4. The quantitative estimate of drug-likeness (QED) is 0.683. The van der Waals surface area contributed by atoms with Gasteiger partial charge in [0.05, 0.1) is 5.56 Å². The monoisotopic (exact) mass is 297 g/mol. The molecule has 20 heavy (non-hydrogen) atoms. The van der Waals surface area contributed by atoms with Gasteiger partial charge in [0.1, 0.15) is 0 Å². The van der Waals surface area contributed by atoms with E-state index in [1.54, 1.807) is 18.2 Å². The number of rotatable bonds is 3. The average Bonchev–Trinajstić information content (AvgIpc) is 2.45. The van der Waals surface area contributed by atoms with Crippen LogP contribution in [-0.2, 0) is 0 Å². The number of anilines is 1. The number of carbonyl (C=O) groups is 1. The molecular formula is C14H10F3NOS. The van der Waals surface area contributed by atoms with Gasteiger partial charge in [0.2, 0.25) is 0 Å². The van der Waals surface area contributed by atoms with Gasteiger partial charge in [-0.15, -0.1) is 11.8 Å². The van der Waals surface area contributed by atoms with Crippen molar-refractivity contribution in [2.24, 2.45) is 0 Å². The lowest BCUT2D eigenvalue weighted by molar-refractivity contribution is 0.102. The Labute approximate surface area is 118 Å². The Kier molecular flexibility index (Phi) is 4.34. The second-order valence-electron chi connectivity index (χ2n) is 3.91. The Balaban J connectivity index is 2.26. The third-order valence-electron chi connectivity index (χ3n) is 2.61. The Morgan fingerprint density at radius 2 is 1.85 bits per heavy atom. The van der Waals surface area contributed by atoms with Gasteiger partial charge in [0.15, 0.2) is 17.5 Å². The molecule has 2 rings (SSSR count). The molecule has 0 fully saturated rings. The molecule has 1 amide bonds. The van der Waals surface area contributed by atoms with E-state index in [2.05, 4.69) is 5.32 Å². The van der Waals surface area contributed by atoms with Crippen LogP contribution < -0.4 is 5.32 Å². The Morgan fingerprint density at radius 1 is 1.10 bits per heavy atom. The van der Waals surface area contributed by atoms with Gasteiger partial charge in [0.25, 0.3) is 5.91 Å². The summed E-state index contributed by atoms with van der Waals surface area (Å²) in [6, 6.07) is 8.50. The van der Waals surface area contributed by atoms with Crippen LogP contribution in [0.25, 0.3) is 0 Å². The summed E-state index contributed by atoms with van der Waals surface area (Å²) in [5.41, 5.74) is -0.0931. The van der Waals surface area contributed by atoms with Crippen LogP contribution in [0.5, 0.6) is 0 Å². The fraction of sp³-hybridized carbons (Fsp3) is 0.0714. The zero-order valence-corrected chi connectivity index (χ0v) is 11.2. The highest BCUT2D eigenvalue weighted by molar-refractivity contribution is 7.98. The molecule has 1 N–H and O–H groups in total. The molecule has 0 spiro atoms. The molecule has 0 heterocycles. The van der Waals surface area contributed by atoms with Gasteiger partial charge in [-0.2, -0.15) is 0 Å². The van der Waals surface area contributed by atoms with Crippen molar-refractivity contribution in [3.05, 3.63) is 59.4 Å². The summed E-state index contributed by atoms with van der Waals surface area (Å²) >= 11 is 1.48. The number of halogens is 3. The van der Waals surface area contributed by atoms with Crippen molar-refractivity contribution in [3.8, 4) is 0 Å². The summed E-state index contributed by atoms with van der Waals surface area (Å²) in [6.07, 6.45) is 1.87. The number of benzene rings is 2. The maximum absolute atomic E-state index is 13.5. The predicted molar refractivity (Wildman–Crippen MR) is 72.5 cm³/mol. The number of nitrogens with one attached hydrogen (secondary N) is 1. The lowest BCUT2D eigenvalue weighted by atomic mass is 10.1. The summed E-state index contributed by atoms with van der Waals surface area (Å²) in [6.45, 7) is 0. The van der Waals surface area contributed by atoms with Crippen LogP contribution >= 0.6 is 11.8 Å². The van der Waals surface area contributed by atoms with Crippen LogP contribution in [0.15, 0.2) is 41.3 Å². The molecule has 0 aliphatic heterocycles. The van der Waals surface area contributed by atoms with Gasteiger partial charge in [-0.3, -0.25) is 4.79 Å². The van der Waals surface area contributed by atoms with Gasteiger partial charge in [-0.1, -0.05) is 6.07 Å². The van der Waals surface area contributed by atoms with Crippen LogP contribution in [0.3, 0.4) is 0 Å². The van der Waals surface area contributed by atoms with Gasteiger partial charge >= 0.3 is 0 Å². The third kappa shape index (κ3) is 2.96. The van der Waals surface area contributed by atoms with E-state index in [0.29, 0.717) is 11.8 Å². The normalized spacial score (nSPS) is 10.4. The van der Waals surface area contributed by atoms with E-state index in [1.165, 1.54) is 11.8 Å². The van der Waals surface area contributed by atoms with E-state index in [-0.39, 0.29) is 0 Å². The van der Waals surface area contributed by atoms with Crippen LogP contribution in [0, 0.1) is 17.5 Å². The Hall–Kier alpha value is -1.95. The lowest BCUT2D eigenvalue weighted by Crippen LogP contribution is -2.15. The summed E-state index contributed by atoms with van der Waals surface area (Å²) in [5, 5.41) is 2.44. The first kappa shape index (κ1) is 14.5. The van der Waals surface area contributed by atoms with E-state index in [9.17, 15) is 18.0 Å². The largest absolute Gasteiger partial charge is 0.322 e. The first-order valence-electron chi connectivity index (χ1n) is 5.62. The van der Waals surface area contributed by atoms with Gasteiger partial charge < -0.3 is 5.32 Å². The second kappa shape index (κ2) is 6.00. The SMILES string of the molecule is CSc1cccc(NC(=O)c2ccc(F)c(F)c2F)c1. The van der Waals surface area contributed by atoms with Crippen molar-refractivity contribution >= 4 is 23.4 Å². The number of hydrogen-bond donors (Lipinski definition) is 1. The minimum absolute atomic E-state index is 0.450. The Morgan fingerprint density at radius 3 is 2.55 bits per heavy atom. The molecule has 0 aliphatic carbocycles. The number of thioether (sulfide) groups is 1. The van der Waals surface area contributed by atoms with Crippen LogP contribution in [-0.4, -0.2) is 12.2 Å². The Bertz CT molecular complexity index is 661. The molecule has 2 aromatic rings. The average molecular weight is 297 g/mol. The zero-order chi connectivity index (χ0) is 14.7. The molecule has 0 bridgehead atoms. The smallest absolute Gasteiger partial charge is 0.258 e. The van der Waals surface area contributed by atoms with Crippen molar-refractivity contribution in [2.75, 3.05) is 11.6 Å². The third-order valence-corrected chi connectivity index (χ3v) is 3.33. The lowest BCUT2D eigenvalue weighted by Gasteiger charge is -2.08. The van der Waals surface area contributed by atoms with Crippen LogP contribution in [0.1, 0.15) is 10.4 Å². The maximum Gasteiger partial charge on any atom is 0.258 e.